The van der Waals surface area contributed by atoms with Crippen LogP contribution in [0.25, 0.3) is 0 Å². The monoisotopic (exact) mass is 219 g/mol. The van der Waals surface area contributed by atoms with Crippen LogP contribution >= 0.6 is 0 Å². The standard InChI is InChI=1S/C15H25N/c1-10(2)6-7-16-15-9-11-8-14(15)13-5-3-4-12(11)13/h6,11-16H,3-5,7-9H2,1-2H3. The lowest BCUT2D eigenvalue weighted by molar-refractivity contribution is 0.212. The summed E-state index contributed by atoms with van der Waals surface area (Å²) in [6.07, 6.45) is 9.95. The Morgan fingerprint density at radius 3 is 2.75 bits per heavy atom. The molecule has 3 aliphatic carbocycles. The molecule has 3 saturated carbocycles. The van der Waals surface area contributed by atoms with Gasteiger partial charge in [0.15, 0.2) is 0 Å². The summed E-state index contributed by atoms with van der Waals surface area (Å²) >= 11 is 0. The predicted molar refractivity (Wildman–Crippen MR) is 68.3 cm³/mol. The molecule has 0 aliphatic heterocycles. The third-order valence-corrected chi connectivity index (χ3v) is 5.32. The average Bonchev–Trinajstić information content (AvgIpc) is 2.87. The average molecular weight is 219 g/mol. The highest BCUT2D eigenvalue weighted by atomic mass is 14.9. The number of nitrogens with one attached hydrogen (secondary N) is 1. The van der Waals surface area contributed by atoms with E-state index in [1.807, 2.05) is 0 Å². The van der Waals surface area contributed by atoms with Crippen molar-refractivity contribution in [3.63, 3.8) is 0 Å². The summed E-state index contributed by atoms with van der Waals surface area (Å²) in [5, 5.41) is 3.78. The molecule has 0 amide bonds. The molecule has 0 aromatic rings. The van der Waals surface area contributed by atoms with Crippen molar-refractivity contribution in [3.8, 4) is 0 Å². The van der Waals surface area contributed by atoms with Crippen LogP contribution in [0.1, 0.15) is 46.0 Å². The second kappa shape index (κ2) is 4.18. The molecule has 1 nitrogen and oxygen atoms in total. The van der Waals surface area contributed by atoms with Gasteiger partial charge in [-0.2, -0.15) is 0 Å². The van der Waals surface area contributed by atoms with E-state index in [4.69, 9.17) is 0 Å². The van der Waals surface area contributed by atoms with E-state index < -0.39 is 0 Å². The maximum atomic E-state index is 3.78. The molecule has 0 radical (unpaired) electrons. The lowest BCUT2D eigenvalue weighted by atomic mass is 9.79. The molecule has 3 rings (SSSR count). The Morgan fingerprint density at radius 1 is 1.12 bits per heavy atom. The quantitative estimate of drug-likeness (QED) is 0.718. The van der Waals surface area contributed by atoms with E-state index in [2.05, 4.69) is 25.2 Å². The molecular formula is C15H25N. The second-order valence-electron chi connectivity index (χ2n) is 6.45. The van der Waals surface area contributed by atoms with Gasteiger partial charge >= 0.3 is 0 Å². The van der Waals surface area contributed by atoms with E-state index in [0.29, 0.717) is 0 Å². The Morgan fingerprint density at radius 2 is 1.94 bits per heavy atom. The first-order valence-electron chi connectivity index (χ1n) is 7.12. The van der Waals surface area contributed by atoms with Gasteiger partial charge in [-0.05, 0) is 63.2 Å². The Bertz CT molecular complexity index is 290. The Labute approximate surface area is 99.7 Å². The first-order valence-corrected chi connectivity index (χ1v) is 7.12. The zero-order chi connectivity index (χ0) is 11.1. The third-order valence-electron chi connectivity index (χ3n) is 5.32. The molecule has 0 saturated heterocycles. The van der Waals surface area contributed by atoms with Crippen molar-refractivity contribution in [1.82, 2.24) is 5.32 Å². The largest absolute Gasteiger partial charge is 0.310 e. The summed E-state index contributed by atoms with van der Waals surface area (Å²) < 4.78 is 0. The van der Waals surface area contributed by atoms with Crippen LogP contribution in [0.2, 0.25) is 0 Å². The van der Waals surface area contributed by atoms with Gasteiger partial charge in [-0.25, -0.2) is 0 Å². The van der Waals surface area contributed by atoms with Crippen LogP contribution in [0, 0.1) is 23.7 Å². The number of hydrogen-bond acceptors (Lipinski definition) is 1. The molecule has 16 heavy (non-hydrogen) atoms. The van der Waals surface area contributed by atoms with Gasteiger partial charge in [0.05, 0.1) is 0 Å². The van der Waals surface area contributed by atoms with Crippen molar-refractivity contribution in [2.45, 2.75) is 52.0 Å². The van der Waals surface area contributed by atoms with Crippen LogP contribution in [0.15, 0.2) is 11.6 Å². The third kappa shape index (κ3) is 1.73. The molecule has 0 heterocycles. The highest BCUT2D eigenvalue weighted by Gasteiger charge is 2.53. The predicted octanol–water partition coefficient (Wildman–Crippen LogP) is 3.37. The summed E-state index contributed by atoms with van der Waals surface area (Å²) in [4.78, 5) is 0. The van der Waals surface area contributed by atoms with E-state index in [9.17, 15) is 0 Å². The number of allylic oxidation sites excluding steroid dienone is 1. The van der Waals surface area contributed by atoms with Crippen LogP contribution in [0.4, 0.5) is 0 Å². The molecule has 3 aliphatic rings. The van der Waals surface area contributed by atoms with Crippen molar-refractivity contribution >= 4 is 0 Å². The van der Waals surface area contributed by atoms with E-state index in [0.717, 1.165) is 36.3 Å². The fourth-order valence-corrected chi connectivity index (χ4v) is 4.72. The maximum Gasteiger partial charge on any atom is 0.0140 e. The maximum absolute atomic E-state index is 3.78. The molecular weight excluding hydrogens is 194 g/mol. The summed E-state index contributed by atoms with van der Waals surface area (Å²) in [6.45, 7) is 5.47. The first kappa shape index (κ1) is 10.8. The minimum atomic E-state index is 0.847. The number of fused-ring (bicyclic) bond motifs is 5. The van der Waals surface area contributed by atoms with Crippen LogP contribution in [-0.4, -0.2) is 12.6 Å². The molecule has 5 atom stereocenters. The van der Waals surface area contributed by atoms with E-state index in [-0.39, 0.29) is 0 Å². The highest BCUT2D eigenvalue weighted by molar-refractivity contribution is 5.06. The van der Waals surface area contributed by atoms with E-state index >= 15 is 0 Å². The van der Waals surface area contributed by atoms with Crippen LogP contribution in [0.5, 0.6) is 0 Å². The van der Waals surface area contributed by atoms with Crippen LogP contribution < -0.4 is 5.32 Å². The van der Waals surface area contributed by atoms with E-state index in [1.54, 1.807) is 12.8 Å². The molecule has 5 unspecified atom stereocenters. The summed E-state index contributed by atoms with van der Waals surface area (Å²) in [5.74, 6) is 4.35. The van der Waals surface area contributed by atoms with Gasteiger partial charge in [0, 0.05) is 12.6 Å². The van der Waals surface area contributed by atoms with Gasteiger partial charge < -0.3 is 5.32 Å². The van der Waals surface area contributed by atoms with Crippen molar-refractivity contribution in [1.29, 1.82) is 0 Å². The van der Waals surface area contributed by atoms with Crippen molar-refractivity contribution in [2.24, 2.45) is 23.7 Å². The molecule has 0 spiro atoms. The Kier molecular flexibility index (Phi) is 2.83. The van der Waals surface area contributed by atoms with Crippen molar-refractivity contribution in [3.05, 3.63) is 11.6 Å². The SMILES string of the molecule is CC(C)=CCNC1CC2CC1C1CCCC21. The minimum absolute atomic E-state index is 0.847. The van der Waals surface area contributed by atoms with Crippen molar-refractivity contribution in [2.75, 3.05) is 6.54 Å². The summed E-state index contributed by atoms with van der Waals surface area (Å²) in [7, 11) is 0. The lowest BCUT2D eigenvalue weighted by Crippen LogP contribution is -2.39. The van der Waals surface area contributed by atoms with Crippen molar-refractivity contribution < 1.29 is 0 Å². The zero-order valence-electron chi connectivity index (χ0n) is 10.7. The summed E-state index contributed by atoms with van der Waals surface area (Å²) in [5.41, 5.74) is 1.44. The van der Waals surface area contributed by atoms with Crippen LogP contribution in [0.3, 0.4) is 0 Å². The van der Waals surface area contributed by atoms with Crippen LogP contribution in [-0.2, 0) is 0 Å². The summed E-state index contributed by atoms with van der Waals surface area (Å²) in [6, 6.07) is 0.847. The fourth-order valence-electron chi connectivity index (χ4n) is 4.72. The number of rotatable bonds is 3. The van der Waals surface area contributed by atoms with Gasteiger partial charge in [-0.1, -0.05) is 18.1 Å². The van der Waals surface area contributed by atoms with Gasteiger partial charge in [-0.3, -0.25) is 0 Å². The second-order valence-corrected chi connectivity index (χ2v) is 6.45. The fraction of sp³-hybridized carbons (Fsp3) is 0.867. The highest BCUT2D eigenvalue weighted by Crippen LogP contribution is 2.58. The van der Waals surface area contributed by atoms with Gasteiger partial charge in [0.2, 0.25) is 0 Å². The Hall–Kier alpha value is -0.300. The van der Waals surface area contributed by atoms with E-state index in [1.165, 1.54) is 24.8 Å². The molecule has 3 fully saturated rings. The van der Waals surface area contributed by atoms with Gasteiger partial charge in [-0.15, -0.1) is 0 Å². The minimum Gasteiger partial charge on any atom is -0.310 e. The van der Waals surface area contributed by atoms with Gasteiger partial charge in [0.25, 0.3) is 0 Å². The lowest BCUT2D eigenvalue weighted by Gasteiger charge is -2.32. The smallest absolute Gasteiger partial charge is 0.0140 e. The zero-order valence-corrected chi connectivity index (χ0v) is 10.7. The molecule has 2 bridgehead atoms. The molecule has 1 heteroatoms. The number of hydrogen-bond donors (Lipinski definition) is 1. The Balaban J connectivity index is 1.58. The topological polar surface area (TPSA) is 12.0 Å². The molecule has 0 aromatic heterocycles. The normalized spacial score (nSPS) is 44.8. The molecule has 1 N–H and O–H groups in total. The van der Waals surface area contributed by atoms with Gasteiger partial charge in [0.1, 0.15) is 0 Å². The first-order chi connectivity index (χ1) is 7.75. The molecule has 0 aromatic carbocycles. The molecule has 90 valence electrons.